The highest BCUT2D eigenvalue weighted by Crippen LogP contribution is 2.17. The molecule has 0 unspecified atom stereocenters. The third kappa shape index (κ3) is 7.09. The average Bonchev–Trinajstić information content (AvgIpc) is 2.78. The second-order valence-corrected chi connectivity index (χ2v) is 7.34. The number of hydroxylamine groups is 1. The molecule has 0 aromatic heterocycles. The fourth-order valence-electron chi connectivity index (χ4n) is 3.51. The van der Waals surface area contributed by atoms with Crippen LogP contribution < -0.4 is 16.1 Å². The van der Waals surface area contributed by atoms with Crippen LogP contribution >= 0.6 is 0 Å². The van der Waals surface area contributed by atoms with Gasteiger partial charge < -0.3 is 10.6 Å². The van der Waals surface area contributed by atoms with E-state index in [0.29, 0.717) is 19.6 Å². The highest BCUT2D eigenvalue weighted by molar-refractivity contribution is 5.90. The van der Waals surface area contributed by atoms with Crippen LogP contribution in [0.25, 0.3) is 0 Å². The fourth-order valence-corrected chi connectivity index (χ4v) is 3.51. The van der Waals surface area contributed by atoms with Gasteiger partial charge in [-0.25, -0.2) is 5.48 Å². The third-order valence-corrected chi connectivity index (χ3v) is 5.11. The summed E-state index contributed by atoms with van der Waals surface area (Å²) in [4.78, 5) is 30.8. The van der Waals surface area contributed by atoms with E-state index in [2.05, 4.69) is 16.1 Å². The van der Waals surface area contributed by atoms with Crippen molar-refractivity contribution in [2.24, 2.45) is 5.92 Å². The highest BCUT2D eigenvalue weighted by atomic mass is 16.6. The van der Waals surface area contributed by atoms with Gasteiger partial charge in [-0.15, -0.1) is 0 Å². The molecule has 1 amide bonds. The molecule has 1 saturated heterocycles. The van der Waals surface area contributed by atoms with E-state index in [0.717, 1.165) is 25.1 Å². The molecule has 6 nitrogen and oxygen atoms in total. The Morgan fingerprint density at radius 2 is 1.69 bits per heavy atom. The summed E-state index contributed by atoms with van der Waals surface area (Å²) in [6, 6.07) is 19.4. The Balaban J connectivity index is 1.54. The number of piperazine rings is 1. The van der Waals surface area contributed by atoms with Crippen molar-refractivity contribution in [1.82, 2.24) is 16.1 Å². The second-order valence-electron chi connectivity index (χ2n) is 7.34. The molecule has 1 aliphatic rings. The summed E-state index contributed by atoms with van der Waals surface area (Å²) in [5.74, 6) is -0.532. The molecular formula is C23H29N3O3. The monoisotopic (exact) mass is 395 g/mol. The predicted octanol–water partition coefficient (Wildman–Crippen LogP) is 2.00. The Hall–Kier alpha value is -2.54. The highest BCUT2D eigenvalue weighted by Gasteiger charge is 2.29. The number of carbonyl (C=O) groups excluding carboxylic acids is 2. The van der Waals surface area contributed by atoms with Gasteiger partial charge >= 0.3 is 0 Å². The van der Waals surface area contributed by atoms with Crippen molar-refractivity contribution in [2.45, 2.75) is 31.9 Å². The van der Waals surface area contributed by atoms with Crippen molar-refractivity contribution >= 4 is 11.7 Å². The summed E-state index contributed by atoms with van der Waals surface area (Å²) in [5, 5.41) is 6.50. The largest absolute Gasteiger partial charge is 0.313 e. The molecule has 6 heteroatoms. The molecule has 29 heavy (non-hydrogen) atoms. The lowest BCUT2D eigenvalue weighted by Gasteiger charge is -2.27. The molecule has 1 aliphatic heterocycles. The van der Waals surface area contributed by atoms with Crippen LogP contribution in [0, 0.1) is 5.92 Å². The predicted molar refractivity (Wildman–Crippen MR) is 112 cm³/mol. The number of benzene rings is 2. The second kappa shape index (κ2) is 11.5. The maximum atomic E-state index is 13.0. The van der Waals surface area contributed by atoms with E-state index in [1.54, 1.807) is 0 Å². The van der Waals surface area contributed by atoms with E-state index in [1.807, 2.05) is 60.7 Å². The van der Waals surface area contributed by atoms with Crippen molar-refractivity contribution in [3.8, 4) is 0 Å². The number of Topliss-reactive ketones (excluding diaryl/α,β-unsaturated/α-hetero) is 1. The molecule has 0 spiro atoms. The number of nitrogens with one attached hydrogen (secondary N) is 3. The van der Waals surface area contributed by atoms with Crippen molar-refractivity contribution < 1.29 is 14.4 Å². The summed E-state index contributed by atoms with van der Waals surface area (Å²) in [5.41, 5.74) is 4.63. The minimum atomic E-state index is -0.354. The molecule has 2 atom stereocenters. The number of hydrogen-bond donors (Lipinski definition) is 3. The normalized spacial score (nSPS) is 17.4. The molecule has 1 fully saturated rings. The third-order valence-electron chi connectivity index (χ3n) is 5.11. The molecule has 0 saturated carbocycles. The van der Waals surface area contributed by atoms with Crippen LogP contribution in [-0.4, -0.2) is 37.4 Å². The Labute approximate surface area is 172 Å². The topological polar surface area (TPSA) is 79.5 Å². The van der Waals surface area contributed by atoms with Crippen LogP contribution in [0.2, 0.25) is 0 Å². The molecule has 3 N–H and O–H groups in total. The van der Waals surface area contributed by atoms with Crippen molar-refractivity contribution in [3.63, 3.8) is 0 Å². The lowest BCUT2D eigenvalue weighted by molar-refractivity contribution is -0.138. The quantitative estimate of drug-likeness (QED) is 0.537. The van der Waals surface area contributed by atoms with E-state index < -0.39 is 0 Å². The molecule has 1 heterocycles. The zero-order valence-electron chi connectivity index (χ0n) is 16.6. The van der Waals surface area contributed by atoms with E-state index in [4.69, 9.17) is 4.84 Å². The maximum Gasteiger partial charge on any atom is 0.244 e. The van der Waals surface area contributed by atoms with Gasteiger partial charge in [-0.2, -0.15) is 0 Å². The molecule has 0 radical (unpaired) electrons. The Bertz CT molecular complexity index is 761. The SMILES string of the molecule is O=C(C[C@@H](CCc1ccccc1)C(=O)[C@@H]1CNCCN1)NOCc1ccccc1. The molecule has 3 rings (SSSR count). The zero-order valence-corrected chi connectivity index (χ0v) is 16.6. The van der Waals surface area contributed by atoms with Crippen molar-refractivity contribution in [3.05, 3.63) is 71.8 Å². The van der Waals surface area contributed by atoms with Crippen LogP contribution in [0.3, 0.4) is 0 Å². The van der Waals surface area contributed by atoms with Crippen LogP contribution in [-0.2, 0) is 27.5 Å². The summed E-state index contributed by atoms with van der Waals surface area (Å²) >= 11 is 0. The van der Waals surface area contributed by atoms with E-state index in [1.165, 1.54) is 5.56 Å². The number of ketones is 1. The van der Waals surface area contributed by atoms with Gasteiger partial charge in [0.25, 0.3) is 0 Å². The van der Waals surface area contributed by atoms with Crippen molar-refractivity contribution in [1.29, 1.82) is 0 Å². The van der Waals surface area contributed by atoms with Gasteiger partial charge in [-0.1, -0.05) is 60.7 Å². The number of aryl methyl sites for hydroxylation is 1. The van der Waals surface area contributed by atoms with Crippen LogP contribution in [0.5, 0.6) is 0 Å². The number of rotatable bonds is 10. The standard InChI is InChI=1S/C23H29N3O3/c27-22(26-29-17-19-9-5-2-6-10-19)15-20(12-11-18-7-3-1-4-8-18)23(28)21-16-24-13-14-25-21/h1-10,20-21,24-25H,11-17H2,(H,26,27)/t20-,21+/m1/s1. The first-order valence-electron chi connectivity index (χ1n) is 10.2. The van der Waals surface area contributed by atoms with Gasteiger partial charge in [0.05, 0.1) is 12.6 Å². The minimum Gasteiger partial charge on any atom is -0.313 e. The lowest BCUT2D eigenvalue weighted by atomic mass is 9.88. The Kier molecular flexibility index (Phi) is 8.37. The van der Waals surface area contributed by atoms with Gasteiger partial charge in [0.15, 0.2) is 5.78 Å². The Morgan fingerprint density at radius 3 is 2.34 bits per heavy atom. The lowest BCUT2D eigenvalue weighted by Crippen LogP contribution is -2.54. The Morgan fingerprint density at radius 1 is 1.00 bits per heavy atom. The fraction of sp³-hybridized carbons (Fsp3) is 0.391. The average molecular weight is 396 g/mol. The van der Waals surface area contributed by atoms with Gasteiger partial charge in [0.2, 0.25) is 5.91 Å². The van der Waals surface area contributed by atoms with Crippen LogP contribution in [0.1, 0.15) is 24.0 Å². The smallest absolute Gasteiger partial charge is 0.244 e. The minimum absolute atomic E-state index is 0.0892. The van der Waals surface area contributed by atoms with Gasteiger partial charge in [0, 0.05) is 32.0 Å². The van der Waals surface area contributed by atoms with E-state index >= 15 is 0 Å². The molecule has 2 aromatic rings. The maximum absolute atomic E-state index is 13.0. The first-order valence-corrected chi connectivity index (χ1v) is 10.2. The van der Waals surface area contributed by atoms with Crippen LogP contribution in [0.15, 0.2) is 60.7 Å². The zero-order chi connectivity index (χ0) is 20.3. The summed E-state index contributed by atoms with van der Waals surface area (Å²) in [7, 11) is 0. The van der Waals surface area contributed by atoms with E-state index in [-0.39, 0.29) is 30.1 Å². The number of hydrogen-bond acceptors (Lipinski definition) is 5. The van der Waals surface area contributed by atoms with Gasteiger partial charge in [-0.05, 0) is 24.0 Å². The summed E-state index contributed by atoms with van der Waals surface area (Å²) < 4.78 is 0. The summed E-state index contributed by atoms with van der Waals surface area (Å²) in [6.07, 6.45) is 1.52. The molecular weight excluding hydrogens is 366 g/mol. The number of amides is 1. The first-order chi connectivity index (χ1) is 14.2. The van der Waals surface area contributed by atoms with Gasteiger partial charge in [-0.3, -0.25) is 14.4 Å². The molecule has 0 bridgehead atoms. The van der Waals surface area contributed by atoms with Crippen molar-refractivity contribution in [2.75, 3.05) is 19.6 Å². The van der Waals surface area contributed by atoms with Crippen LogP contribution in [0.4, 0.5) is 0 Å². The first kappa shape index (κ1) is 21.2. The molecule has 0 aliphatic carbocycles. The summed E-state index contributed by atoms with van der Waals surface area (Å²) in [6.45, 7) is 2.51. The molecule has 154 valence electrons. The number of carbonyl (C=O) groups is 2. The molecule has 2 aromatic carbocycles. The van der Waals surface area contributed by atoms with E-state index in [9.17, 15) is 9.59 Å². The van der Waals surface area contributed by atoms with Gasteiger partial charge in [0.1, 0.15) is 0 Å².